The van der Waals surface area contributed by atoms with Crippen LogP contribution in [0.3, 0.4) is 0 Å². The number of halogens is 4. The summed E-state index contributed by atoms with van der Waals surface area (Å²) >= 11 is 5.90. The van der Waals surface area contributed by atoms with E-state index in [4.69, 9.17) is 16.3 Å². The largest absolute Gasteiger partial charge is 0.491 e. The number of rotatable bonds is 6. The number of aromatic nitrogens is 2. The van der Waals surface area contributed by atoms with Crippen LogP contribution in [-0.2, 0) is 6.18 Å². The Labute approximate surface area is 184 Å². The van der Waals surface area contributed by atoms with Crippen LogP contribution in [0.5, 0.6) is 5.75 Å². The second kappa shape index (κ2) is 9.01. The van der Waals surface area contributed by atoms with E-state index < -0.39 is 11.7 Å². The molecule has 164 valence electrons. The fourth-order valence-corrected chi connectivity index (χ4v) is 3.03. The SMILES string of the molecule is CC(C)Oc1ccc(N(C)c2ncc(C(F)(F)F)c(N(C)c3ccc(Cl)cc3)n2)cc1. The molecule has 0 bridgehead atoms. The number of hydrogen-bond donors (Lipinski definition) is 0. The molecule has 0 saturated carbocycles. The van der Waals surface area contributed by atoms with Gasteiger partial charge in [0.2, 0.25) is 5.95 Å². The zero-order valence-electron chi connectivity index (χ0n) is 17.5. The van der Waals surface area contributed by atoms with Gasteiger partial charge in [-0.2, -0.15) is 18.2 Å². The Morgan fingerprint density at radius 1 is 0.903 bits per heavy atom. The first-order valence-electron chi connectivity index (χ1n) is 9.50. The van der Waals surface area contributed by atoms with Gasteiger partial charge in [-0.25, -0.2) is 4.98 Å². The summed E-state index contributed by atoms with van der Waals surface area (Å²) in [4.78, 5) is 11.2. The molecule has 0 aliphatic carbocycles. The number of hydrogen-bond acceptors (Lipinski definition) is 5. The van der Waals surface area contributed by atoms with E-state index in [0.717, 1.165) is 6.20 Å². The summed E-state index contributed by atoms with van der Waals surface area (Å²) in [6, 6.07) is 13.6. The molecule has 0 spiro atoms. The highest BCUT2D eigenvalue weighted by Gasteiger charge is 2.37. The third-order valence-corrected chi connectivity index (χ3v) is 4.74. The maximum atomic E-state index is 13.6. The van der Waals surface area contributed by atoms with Gasteiger partial charge in [0.15, 0.2) is 5.82 Å². The number of benzene rings is 2. The van der Waals surface area contributed by atoms with E-state index >= 15 is 0 Å². The Morgan fingerprint density at radius 2 is 1.45 bits per heavy atom. The van der Waals surface area contributed by atoms with E-state index in [0.29, 0.717) is 22.1 Å². The van der Waals surface area contributed by atoms with Crippen molar-refractivity contribution in [3.8, 4) is 5.75 Å². The molecule has 2 aromatic carbocycles. The molecule has 0 N–H and O–H groups in total. The van der Waals surface area contributed by atoms with Crippen molar-refractivity contribution in [1.29, 1.82) is 0 Å². The Balaban J connectivity index is 1.98. The highest BCUT2D eigenvalue weighted by molar-refractivity contribution is 6.30. The van der Waals surface area contributed by atoms with E-state index in [1.54, 1.807) is 60.5 Å². The first-order valence-corrected chi connectivity index (χ1v) is 9.88. The summed E-state index contributed by atoms with van der Waals surface area (Å²) in [5, 5.41) is 0.487. The molecule has 3 rings (SSSR count). The lowest BCUT2D eigenvalue weighted by Gasteiger charge is -2.25. The van der Waals surface area contributed by atoms with E-state index in [1.165, 1.54) is 11.9 Å². The zero-order chi connectivity index (χ0) is 22.8. The molecule has 0 atom stereocenters. The van der Waals surface area contributed by atoms with Crippen molar-refractivity contribution < 1.29 is 17.9 Å². The summed E-state index contributed by atoms with van der Waals surface area (Å²) in [5.41, 5.74) is 0.288. The van der Waals surface area contributed by atoms with Crippen molar-refractivity contribution in [2.24, 2.45) is 0 Å². The molecule has 0 aliphatic heterocycles. The minimum absolute atomic E-state index is 0.0350. The molecule has 0 unspecified atom stereocenters. The number of ether oxygens (including phenoxy) is 1. The Morgan fingerprint density at radius 3 is 2.00 bits per heavy atom. The van der Waals surface area contributed by atoms with Crippen LogP contribution in [0, 0.1) is 0 Å². The molecular weight excluding hydrogens is 429 g/mol. The van der Waals surface area contributed by atoms with Crippen LogP contribution in [0.4, 0.5) is 36.3 Å². The molecule has 0 saturated heterocycles. The third kappa shape index (κ3) is 5.38. The van der Waals surface area contributed by atoms with Gasteiger partial charge < -0.3 is 14.5 Å². The van der Waals surface area contributed by atoms with Gasteiger partial charge in [-0.15, -0.1) is 0 Å². The molecule has 0 radical (unpaired) electrons. The van der Waals surface area contributed by atoms with Gasteiger partial charge in [-0.05, 0) is 62.4 Å². The van der Waals surface area contributed by atoms with Crippen molar-refractivity contribution in [1.82, 2.24) is 9.97 Å². The standard InChI is InChI=1S/C22H22ClF3N4O/c1-14(2)31-18-11-9-17(10-12-18)30(4)21-27-13-19(22(24,25)26)20(28-21)29(3)16-7-5-15(23)6-8-16/h5-14H,1-4H3. The van der Waals surface area contributed by atoms with Gasteiger partial charge in [-0.1, -0.05) is 11.6 Å². The van der Waals surface area contributed by atoms with E-state index in [2.05, 4.69) is 9.97 Å². The Kier molecular flexibility index (Phi) is 6.59. The minimum atomic E-state index is -4.61. The zero-order valence-corrected chi connectivity index (χ0v) is 18.2. The smallest absolute Gasteiger partial charge is 0.421 e. The van der Waals surface area contributed by atoms with E-state index in [-0.39, 0.29) is 17.9 Å². The van der Waals surface area contributed by atoms with Gasteiger partial charge in [0.25, 0.3) is 0 Å². The van der Waals surface area contributed by atoms with Crippen molar-refractivity contribution in [2.75, 3.05) is 23.9 Å². The van der Waals surface area contributed by atoms with Crippen LogP contribution in [0.2, 0.25) is 5.02 Å². The summed E-state index contributed by atoms with van der Waals surface area (Å²) in [6.45, 7) is 3.85. The molecule has 0 amide bonds. The van der Waals surface area contributed by atoms with Crippen molar-refractivity contribution >= 4 is 34.7 Å². The van der Waals surface area contributed by atoms with Gasteiger partial charge >= 0.3 is 6.18 Å². The van der Waals surface area contributed by atoms with E-state index in [1.807, 2.05) is 13.8 Å². The summed E-state index contributed by atoms with van der Waals surface area (Å²) in [6.07, 6.45) is -3.77. The minimum Gasteiger partial charge on any atom is -0.491 e. The maximum absolute atomic E-state index is 13.6. The number of anilines is 4. The molecule has 0 fully saturated rings. The maximum Gasteiger partial charge on any atom is 0.421 e. The molecule has 9 heteroatoms. The van der Waals surface area contributed by atoms with Gasteiger partial charge in [0.1, 0.15) is 11.3 Å². The summed E-state index contributed by atoms with van der Waals surface area (Å²) < 4.78 is 46.5. The van der Waals surface area contributed by atoms with Crippen LogP contribution in [0.25, 0.3) is 0 Å². The molecule has 1 aromatic heterocycles. The normalized spacial score (nSPS) is 11.5. The molecule has 5 nitrogen and oxygen atoms in total. The first kappa shape index (κ1) is 22.7. The Bertz CT molecular complexity index is 1020. The van der Waals surface area contributed by atoms with Crippen molar-refractivity contribution in [2.45, 2.75) is 26.1 Å². The molecule has 31 heavy (non-hydrogen) atoms. The number of alkyl halides is 3. The topological polar surface area (TPSA) is 41.5 Å². The fourth-order valence-electron chi connectivity index (χ4n) is 2.90. The first-order chi connectivity index (χ1) is 14.6. The summed E-state index contributed by atoms with van der Waals surface area (Å²) in [5.74, 6) is 0.566. The Hall–Kier alpha value is -3.00. The summed E-state index contributed by atoms with van der Waals surface area (Å²) in [7, 11) is 3.20. The third-order valence-electron chi connectivity index (χ3n) is 4.49. The lowest BCUT2D eigenvalue weighted by molar-refractivity contribution is -0.137. The quantitative estimate of drug-likeness (QED) is 0.430. The predicted octanol–water partition coefficient (Wildman–Crippen LogP) is 6.47. The lowest BCUT2D eigenvalue weighted by Crippen LogP contribution is -2.21. The lowest BCUT2D eigenvalue weighted by atomic mass is 10.2. The average molecular weight is 451 g/mol. The second-order valence-electron chi connectivity index (χ2n) is 7.16. The van der Waals surface area contributed by atoms with Crippen molar-refractivity contribution in [3.63, 3.8) is 0 Å². The highest BCUT2D eigenvalue weighted by Crippen LogP contribution is 2.38. The van der Waals surface area contributed by atoms with Crippen LogP contribution >= 0.6 is 11.6 Å². The fraction of sp³-hybridized carbons (Fsp3) is 0.273. The van der Waals surface area contributed by atoms with Crippen LogP contribution < -0.4 is 14.5 Å². The van der Waals surface area contributed by atoms with Gasteiger partial charge in [0.05, 0.1) is 6.10 Å². The monoisotopic (exact) mass is 450 g/mol. The second-order valence-corrected chi connectivity index (χ2v) is 7.60. The molecular formula is C22H22ClF3N4O. The molecule has 1 heterocycles. The van der Waals surface area contributed by atoms with Crippen molar-refractivity contribution in [3.05, 3.63) is 65.3 Å². The van der Waals surface area contributed by atoms with E-state index in [9.17, 15) is 13.2 Å². The van der Waals surface area contributed by atoms with Crippen LogP contribution in [-0.4, -0.2) is 30.2 Å². The predicted molar refractivity (Wildman–Crippen MR) is 117 cm³/mol. The number of nitrogens with zero attached hydrogens (tertiary/aromatic N) is 4. The van der Waals surface area contributed by atoms with Gasteiger partial charge in [-0.3, -0.25) is 0 Å². The average Bonchev–Trinajstić information content (AvgIpc) is 2.72. The molecule has 3 aromatic rings. The molecule has 0 aliphatic rings. The highest BCUT2D eigenvalue weighted by atomic mass is 35.5. The van der Waals surface area contributed by atoms with Crippen LogP contribution in [0.1, 0.15) is 19.4 Å². The van der Waals surface area contributed by atoms with Crippen LogP contribution in [0.15, 0.2) is 54.7 Å². The van der Waals surface area contributed by atoms with Gasteiger partial charge in [0, 0.05) is 36.7 Å².